The van der Waals surface area contributed by atoms with Gasteiger partial charge in [-0.2, -0.15) is 0 Å². The molecule has 1 saturated heterocycles. The Balaban J connectivity index is 1.58. The third-order valence-corrected chi connectivity index (χ3v) is 3.88. The molecule has 1 aliphatic carbocycles. The van der Waals surface area contributed by atoms with E-state index in [4.69, 9.17) is 9.72 Å². The Bertz CT molecular complexity index is 420. The fourth-order valence-corrected chi connectivity index (χ4v) is 2.46. The minimum atomic E-state index is 0.490. The van der Waals surface area contributed by atoms with Crippen molar-refractivity contribution in [2.75, 3.05) is 19.8 Å². The molecule has 104 valence electrons. The summed E-state index contributed by atoms with van der Waals surface area (Å²) in [5.41, 5.74) is 2.33. The third-order valence-electron chi connectivity index (χ3n) is 3.88. The smallest absolute Gasteiger partial charge is 0.0619 e. The molecule has 19 heavy (non-hydrogen) atoms. The molecular weight excluding hydrogens is 238 g/mol. The number of pyridine rings is 1. The van der Waals surface area contributed by atoms with Crippen LogP contribution in [0, 0.1) is 0 Å². The molecule has 0 radical (unpaired) electrons. The Kier molecular flexibility index (Phi) is 4.11. The van der Waals surface area contributed by atoms with E-state index >= 15 is 0 Å². The predicted molar refractivity (Wildman–Crippen MR) is 74.8 cm³/mol. The zero-order valence-corrected chi connectivity index (χ0v) is 11.6. The molecule has 2 aliphatic rings. The summed E-state index contributed by atoms with van der Waals surface area (Å²) in [6.45, 7) is 6.74. The molecule has 1 aromatic rings. The fourth-order valence-electron chi connectivity index (χ4n) is 2.46. The highest BCUT2D eigenvalue weighted by atomic mass is 16.5. The van der Waals surface area contributed by atoms with Crippen molar-refractivity contribution in [2.45, 2.75) is 44.9 Å². The quantitative estimate of drug-likeness (QED) is 0.873. The lowest BCUT2D eigenvalue weighted by molar-refractivity contribution is -0.00492. The van der Waals surface area contributed by atoms with E-state index in [9.17, 15) is 0 Å². The van der Waals surface area contributed by atoms with Crippen LogP contribution in [-0.4, -0.2) is 41.7 Å². The maximum Gasteiger partial charge on any atom is 0.0619 e. The molecule has 1 unspecified atom stereocenters. The van der Waals surface area contributed by atoms with Gasteiger partial charge in [0, 0.05) is 31.7 Å². The van der Waals surface area contributed by atoms with Gasteiger partial charge in [0.1, 0.15) is 0 Å². The maximum absolute atomic E-state index is 5.47. The summed E-state index contributed by atoms with van der Waals surface area (Å²) in [5.74, 6) is 0. The highest BCUT2D eigenvalue weighted by molar-refractivity contribution is 5.11. The highest BCUT2D eigenvalue weighted by Crippen LogP contribution is 2.19. The SMILES string of the molecule is CC1COCCN1Cc1cccc(CNC2CC2)n1. The van der Waals surface area contributed by atoms with Crippen LogP contribution in [0.4, 0.5) is 0 Å². The molecule has 0 spiro atoms. The van der Waals surface area contributed by atoms with Gasteiger partial charge >= 0.3 is 0 Å². The van der Waals surface area contributed by atoms with Crippen LogP contribution in [0.3, 0.4) is 0 Å². The molecule has 3 rings (SSSR count). The number of morpholine rings is 1. The zero-order chi connectivity index (χ0) is 13.1. The Morgan fingerprint density at radius 1 is 1.37 bits per heavy atom. The van der Waals surface area contributed by atoms with Gasteiger partial charge in [-0.15, -0.1) is 0 Å². The van der Waals surface area contributed by atoms with Crippen LogP contribution >= 0.6 is 0 Å². The molecule has 1 saturated carbocycles. The number of aromatic nitrogens is 1. The van der Waals surface area contributed by atoms with Crippen molar-refractivity contribution in [3.05, 3.63) is 29.6 Å². The first-order valence-corrected chi connectivity index (χ1v) is 7.31. The van der Waals surface area contributed by atoms with Crippen molar-refractivity contribution in [3.8, 4) is 0 Å². The van der Waals surface area contributed by atoms with Gasteiger partial charge in [0.2, 0.25) is 0 Å². The Labute approximate surface area is 115 Å². The largest absolute Gasteiger partial charge is 0.379 e. The van der Waals surface area contributed by atoms with E-state index < -0.39 is 0 Å². The average Bonchev–Trinajstić information content (AvgIpc) is 3.24. The first-order chi connectivity index (χ1) is 9.31. The molecular formula is C15H23N3O. The van der Waals surface area contributed by atoms with Gasteiger partial charge in [0.05, 0.1) is 24.6 Å². The van der Waals surface area contributed by atoms with Crippen LogP contribution in [0.5, 0.6) is 0 Å². The standard InChI is InChI=1S/C15H23N3O/c1-12-11-19-8-7-18(12)10-15-4-2-3-14(17-15)9-16-13-5-6-13/h2-4,12-13,16H,5-11H2,1H3. The topological polar surface area (TPSA) is 37.4 Å². The van der Waals surface area contributed by atoms with Crippen molar-refractivity contribution >= 4 is 0 Å². The van der Waals surface area contributed by atoms with E-state index in [1.165, 1.54) is 18.5 Å². The summed E-state index contributed by atoms with van der Waals surface area (Å²) in [7, 11) is 0. The number of nitrogens with one attached hydrogen (secondary N) is 1. The Morgan fingerprint density at radius 2 is 2.21 bits per heavy atom. The number of hydrogen-bond acceptors (Lipinski definition) is 4. The van der Waals surface area contributed by atoms with E-state index in [1.807, 2.05) is 0 Å². The average molecular weight is 261 g/mol. The maximum atomic E-state index is 5.47. The van der Waals surface area contributed by atoms with Gasteiger partial charge in [-0.25, -0.2) is 0 Å². The van der Waals surface area contributed by atoms with Crippen molar-refractivity contribution in [1.29, 1.82) is 0 Å². The molecule has 0 bridgehead atoms. The second-order valence-electron chi connectivity index (χ2n) is 5.67. The summed E-state index contributed by atoms with van der Waals surface area (Å²) in [6.07, 6.45) is 2.65. The lowest BCUT2D eigenvalue weighted by atomic mass is 10.2. The predicted octanol–water partition coefficient (Wildman–Crippen LogP) is 1.55. The van der Waals surface area contributed by atoms with E-state index in [0.717, 1.165) is 44.6 Å². The number of hydrogen-bond donors (Lipinski definition) is 1. The van der Waals surface area contributed by atoms with Crippen LogP contribution < -0.4 is 5.32 Å². The first kappa shape index (κ1) is 13.0. The molecule has 0 aromatic carbocycles. The Hall–Kier alpha value is -0.970. The molecule has 2 fully saturated rings. The lowest BCUT2D eigenvalue weighted by Gasteiger charge is -2.32. The third kappa shape index (κ3) is 3.75. The van der Waals surface area contributed by atoms with Crippen molar-refractivity contribution in [2.24, 2.45) is 0 Å². The van der Waals surface area contributed by atoms with Gasteiger partial charge in [-0.3, -0.25) is 9.88 Å². The normalized spacial score (nSPS) is 24.6. The van der Waals surface area contributed by atoms with E-state index in [-0.39, 0.29) is 0 Å². The van der Waals surface area contributed by atoms with Crippen LogP contribution in [-0.2, 0) is 17.8 Å². The van der Waals surface area contributed by atoms with Crippen LogP contribution in [0.2, 0.25) is 0 Å². The lowest BCUT2D eigenvalue weighted by Crippen LogP contribution is -2.43. The van der Waals surface area contributed by atoms with Gasteiger partial charge in [0.25, 0.3) is 0 Å². The second-order valence-corrected chi connectivity index (χ2v) is 5.67. The van der Waals surface area contributed by atoms with Crippen LogP contribution in [0.15, 0.2) is 18.2 Å². The van der Waals surface area contributed by atoms with Gasteiger partial charge in [-0.1, -0.05) is 6.07 Å². The molecule has 1 aromatic heterocycles. The zero-order valence-electron chi connectivity index (χ0n) is 11.6. The second kappa shape index (κ2) is 5.99. The molecule has 4 heteroatoms. The monoisotopic (exact) mass is 261 g/mol. The summed E-state index contributed by atoms with van der Waals surface area (Å²) in [4.78, 5) is 7.20. The summed E-state index contributed by atoms with van der Waals surface area (Å²) >= 11 is 0. The summed E-state index contributed by atoms with van der Waals surface area (Å²) in [5, 5.41) is 3.52. The number of rotatable bonds is 5. The molecule has 0 amide bonds. The minimum absolute atomic E-state index is 0.490. The van der Waals surface area contributed by atoms with Gasteiger partial charge < -0.3 is 10.1 Å². The summed E-state index contributed by atoms with van der Waals surface area (Å²) < 4.78 is 5.47. The number of nitrogens with zero attached hydrogens (tertiary/aromatic N) is 2. The molecule has 1 atom stereocenters. The van der Waals surface area contributed by atoms with Crippen molar-refractivity contribution < 1.29 is 4.74 Å². The van der Waals surface area contributed by atoms with Gasteiger partial charge in [-0.05, 0) is 31.9 Å². The highest BCUT2D eigenvalue weighted by Gasteiger charge is 2.21. The summed E-state index contributed by atoms with van der Waals surface area (Å²) in [6, 6.07) is 7.59. The Morgan fingerprint density at radius 3 is 3.00 bits per heavy atom. The van der Waals surface area contributed by atoms with Crippen molar-refractivity contribution in [1.82, 2.24) is 15.2 Å². The van der Waals surface area contributed by atoms with E-state index in [0.29, 0.717) is 6.04 Å². The van der Waals surface area contributed by atoms with Crippen molar-refractivity contribution in [3.63, 3.8) is 0 Å². The van der Waals surface area contributed by atoms with Crippen LogP contribution in [0.25, 0.3) is 0 Å². The minimum Gasteiger partial charge on any atom is -0.379 e. The van der Waals surface area contributed by atoms with Crippen LogP contribution in [0.1, 0.15) is 31.2 Å². The molecule has 4 nitrogen and oxygen atoms in total. The van der Waals surface area contributed by atoms with Gasteiger partial charge in [0.15, 0.2) is 0 Å². The first-order valence-electron chi connectivity index (χ1n) is 7.31. The number of ether oxygens (including phenoxy) is 1. The molecule has 1 N–H and O–H groups in total. The molecule has 2 heterocycles. The van der Waals surface area contributed by atoms with E-state index in [2.05, 4.69) is 35.3 Å². The molecule has 1 aliphatic heterocycles. The fraction of sp³-hybridized carbons (Fsp3) is 0.667. The van der Waals surface area contributed by atoms with E-state index in [1.54, 1.807) is 0 Å².